The summed E-state index contributed by atoms with van der Waals surface area (Å²) in [5.41, 5.74) is 5.35. The Labute approximate surface area is 222 Å². The number of hydrogen-bond donors (Lipinski definition) is 2. The lowest BCUT2D eigenvalue weighted by molar-refractivity contribution is 0.0699. The summed E-state index contributed by atoms with van der Waals surface area (Å²) >= 11 is 0. The Bertz CT molecular complexity index is 1640. The van der Waals surface area contributed by atoms with Gasteiger partial charge in [0.2, 0.25) is 0 Å². The van der Waals surface area contributed by atoms with Crippen LogP contribution in [-0.2, 0) is 10.0 Å². The van der Waals surface area contributed by atoms with E-state index in [1.54, 1.807) is 30.3 Å². The summed E-state index contributed by atoms with van der Waals surface area (Å²) in [5.74, 6) is -0.491. The largest absolute Gasteiger partial charge is 0.478 e. The fraction of sp³-hybridized carbons (Fsp3) is 0.241. The first kappa shape index (κ1) is 25.5. The van der Waals surface area contributed by atoms with Crippen molar-refractivity contribution in [3.63, 3.8) is 0 Å². The van der Waals surface area contributed by atoms with Crippen molar-refractivity contribution in [2.45, 2.75) is 25.7 Å². The maximum Gasteiger partial charge on any atom is 0.336 e. The lowest BCUT2D eigenvalue weighted by atomic mass is 10.1. The quantitative estimate of drug-likeness (QED) is 0.362. The van der Waals surface area contributed by atoms with E-state index in [2.05, 4.69) is 46.6 Å². The van der Waals surface area contributed by atoms with Gasteiger partial charge in [-0.2, -0.15) is 0 Å². The molecule has 0 bridgehead atoms. The lowest BCUT2D eigenvalue weighted by Crippen LogP contribution is -2.47. The number of aryl methyl sites for hydroxylation is 3. The van der Waals surface area contributed by atoms with Gasteiger partial charge in [0.1, 0.15) is 5.82 Å². The molecule has 0 amide bonds. The van der Waals surface area contributed by atoms with E-state index in [0.29, 0.717) is 29.8 Å². The van der Waals surface area contributed by atoms with Crippen molar-refractivity contribution in [2.24, 2.45) is 0 Å². The minimum atomic E-state index is -3.83. The molecule has 1 aliphatic rings. The molecule has 5 rings (SSSR count). The summed E-state index contributed by atoms with van der Waals surface area (Å²) in [6.07, 6.45) is 0. The number of aromatic nitrogens is 1. The van der Waals surface area contributed by atoms with Crippen LogP contribution < -0.4 is 14.5 Å². The third kappa shape index (κ3) is 5.15. The molecule has 3 aromatic carbocycles. The molecule has 1 fully saturated rings. The predicted molar refractivity (Wildman–Crippen MR) is 151 cm³/mol. The molecule has 4 aromatic rings. The van der Waals surface area contributed by atoms with Gasteiger partial charge in [0.05, 0.1) is 16.0 Å². The van der Waals surface area contributed by atoms with Gasteiger partial charge in [-0.25, -0.2) is 18.2 Å². The number of carboxylic acids is 1. The van der Waals surface area contributed by atoms with Crippen molar-refractivity contribution in [3.05, 3.63) is 89.0 Å². The second-order valence-corrected chi connectivity index (χ2v) is 11.4. The molecule has 0 unspecified atom stereocenters. The van der Waals surface area contributed by atoms with Crippen LogP contribution in [0.1, 0.15) is 27.0 Å². The number of pyridine rings is 1. The lowest BCUT2D eigenvalue weighted by Gasteiger charge is -2.37. The minimum absolute atomic E-state index is 0.0820. The number of nitrogens with zero attached hydrogens (tertiary/aromatic N) is 3. The number of carbonyl (C=O) groups is 1. The predicted octanol–water partition coefficient (Wildman–Crippen LogP) is 4.99. The Kier molecular flexibility index (Phi) is 6.71. The van der Waals surface area contributed by atoms with Crippen LogP contribution in [0.15, 0.2) is 71.6 Å². The number of rotatable bonds is 6. The molecule has 0 spiro atoms. The van der Waals surface area contributed by atoms with Crippen LogP contribution in [0.3, 0.4) is 0 Å². The summed E-state index contributed by atoms with van der Waals surface area (Å²) in [6.45, 7) is 9.03. The number of anilines is 3. The molecule has 2 N–H and O–H groups in total. The maximum atomic E-state index is 12.9. The molecular weight excluding hydrogens is 500 g/mol. The van der Waals surface area contributed by atoms with Gasteiger partial charge >= 0.3 is 5.97 Å². The number of nitrogens with one attached hydrogen (secondary N) is 1. The smallest absolute Gasteiger partial charge is 0.336 e. The van der Waals surface area contributed by atoms with E-state index in [1.807, 2.05) is 13.0 Å². The van der Waals surface area contributed by atoms with E-state index < -0.39 is 16.0 Å². The van der Waals surface area contributed by atoms with Crippen molar-refractivity contribution in [1.82, 2.24) is 4.98 Å². The zero-order chi connectivity index (χ0) is 27.0. The second-order valence-electron chi connectivity index (χ2n) is 9.75. The van der Waals surface area contributed by atoms with E-state index in [9.17, 15) is 18.3 Å². The number of fused-ring (bicyclic) bond motifs is 1. The number of piperazine rings is 1. The first-order valence-corrected chi connectivity index (χ1v) is 13.9. The molecule has 8 nitrogen and oxygen atoms in total. The first-order valence-electron chi connectivity index (χ1n) is 12.5. The van der Waals surface area contributed by atoms with E-state index >= 15 is 0 Å². The molecular formula is C29H30N4O4S. The van der Waals surface area contributed by atoms with E-state index in [1.165, 1.54) is 28.9 Å². The number of hydrogen-bond acceptors (Lipinski definition) is 6. The third-order valence-electron chi connectivity index (χ3n) is 6.89. The van der Waals surface area contributed by atoms with Crippen molar-refractivity contribution >= 4 is 44.1 Å². The molecule has 0 saturated carbocycles. The number of aromatic carboxylic acids is 1. The standard InChI is InChI=1S/C29H30N4O4S/c1-19-5-4-6-23(15-19)38(36,37)31-22-9-10-26-24(17-22)25(29(34)35)18-28(30-26)33-13-11-32(12-14-33)27-16-20(2)7-8-21(27)3/h4-10,15-18,31H,11-14H2,1-3H3,(H,34,35). The molecule has 0 radical (unpaired) electrons. The van der Waals surface area contributed by atoms with Crippen LogP contribution in [0.2, 0.25) is 0 Å². The molecule has 0 aliphatic carbocycles. The van der Waals surface area contributed by atoms with Gasteiger partial charge in [0.15, 0.2) is 0 Å². The Balaban J connectivity index is 1.41. The Morgan fingerprint density at radius 2 is 1.58 bits per heavy atom. The van der Waals surface area contributed by atoms with Crippen LogP contribution in [0.5, 0.6) is 0 Å². The Morgan fingerprint density at radius 1 is 0.868 bits per heavy atom. The van der Waals surface area contributed by atoms with Gasteiger partial charge in [-0.15, -0.1) is 0 Å². The molecule has 1 aromatic heterocycles. The number of carboxylic acid groups (broad SMARTS) is 1. The van der Waals surface area contributed by atoms with Crippen LogP contribution in [0.4, 0.5) is 17.2 Å². The normalized spacial score (nSPS) is 14.1. The summed E-state index contributed by atoms with van der Waals surface area (Å²) in [4.78, 5) is 21.6. The first-order chi connectivity index (χ1) is 18.1. The van der Waals surface area contributed by atoms with Gasteiger partial charge in [0, 0.05) is 42.9 Å². The van der Waals surface area contributed by atoms with Crippen molar-refractivity contribution < 1.29 is 18.3 Å². The van der Waals surface area contributed by atoms with Crippen LogP contribution >= 0.6 is 0 Å². The molecule has 9 heteroatoms. The van der Waals surface area contributed by atoms with E-state index in [0.717, 1.165) is 18.7 Å². The highest BCUT2D eigenvalue weighted by Crippen LogP contribution is 2.29. The summed E-state index contributed by atoms with van der Waals surface area (Å²) < 4.78 is 28.3. The van der Waals surface area contributed by atoms with Crippen molar-refractivity contribution in [2.75, 3.05) is 40.7 Å². The van der Waals surface area contributed by atoms with Gasteiger partial charge in [-0.05, 0) is 79.9 Å². The zero-order valence-electron chi connectivity index (χ0n) is 21.6. The van der Waals surface area contributed by atoms with Gasteiger partial charge in [0.25, 0.3) is 10.0 Å². The molecule has 196 valence electrons. The fourth-order valence-electron chi connectivity index (χ4n) is 4.85. The van der Waals surface area contributed by atoms with E-state index in [4.69, 9.17) is 4.98 Å². The summed E-state index contributed by atoms with van der Waals surface area (Å²) in [6, 6.07) is 19.4. The minimum Gasteiger partial charge on any atom is -0.478 e. The zero-order valence-corrected chi connectivity index (χ0v) is 22.4. The summed E-state index contributed by atoms with van der Waals surface area (Å²) in [7, 11) is -3.83. The van der Waals surface area contributed by atoms with Gasteiger partial charge in [-0.3, -0.25) is 4.72 Å². The number of sulfonamides is 1. The van der Waals surface area contributed by atoms with Gasteiger partial charge < -0.3 is 14.9 Å². The van der Waals surface area contributed by atoms with Crippen LogP contribution in [0.25, 0.3) is 10.9 Å². The molecule has 1 saturated heterocycles. The highest BCUT2D eigenvalue weighted by Gasteiger charge is 2.22. The Hall–Kier alpha value is -4.11. The fourth-order valence-corrected chi connectivity index (χ4v) is 6.00. The molecule has 1 aliphatic heterocycles. The number of benzene rings is 3. The molecule has 38 heavy (non-hydrogen) atoms. The Morgan fingerprint density at radius 3 is 2.29 bits per heavy atom. The average molecular weight is 531 g/mol. The molecule has 2 heterocycles. The monoisotopic (exact) mass is 530 g/mol. The van der Waals surface area contributed by atoms with E-state index in [-0.39, 0.29) is 16.1 Å². The highest BCUT2D eigenvalue weighted by atomic mass is 32.2. The SMILES string of the molecule is Cc1cccc(S(=O)(=O)Nc2ccc3nc(N4CCN(c5cc(C)ccc5C)CC4)cc(C(=O)O)c3c2)c1. The third-order valence-corrected chi connectivity index (χ3v) is 8.27. The molecule has 0 atom stereocenters. The second kappa shape index (κ2) is 9.98. The topological polar surface area (TPSA) is 103 Å². The van der Waals surface area contributed by atoms with Gasteiger partial charge in [-0.1, -0.05) is 24.3 Å². The highest BCUT2D eigenvalue weighted by molar-refractivity contribution is 7.92. The van der Waals surface area contributed by atoms with Crippen LogP contribution in [0, 0.1) is 20.8 Å². The van der Waals surface area contributed by atoms with Crippen molar-refractivity contribution in [3.8, 4) is 0 Å². The van der Waals surface area contributed by atoms with Crippen molar-refractivity contribution in [1.29, 1.82) is 0 Å². The maximum absolute atomic E-state index is 12.9. The summed E-state index contributed by atoms with van der Waals surface area (Å²) in [5, 5.41) is 10.4. The average Bonchev–Trinajstić information content (AvgIpc) is 2.89. The van der Waals surface area contributed by atoms with Crippen LogP contribution in [-0.4, -0.2) is 50.7 Å².